The molecule has 92 valence electrons. The predicted octanol–water partition coefficient (Wildman–Crippen LogP) is 1.81. The van der Waals surface area contributed by atoms with Gasteiger partial charge in [0.2, 0.25) is 5.88 Å². The SMILES string of the molecule is CCOc1ccc2[nH]c(C(CC)CN)nc2n1. The highest BCUT2D eigenvalue weighted by Crippen LogP contribution is 2.20. The van der Waals surface area contributed by atoms with Crippen LogP contribution in [0.2, 0.25) is 0 Å². The first kappa shape index (κ1) is 11.9. The van der Waals surface area contributed by atoms with Crippen molar-refractivity contribution < 1.29 is 4.74 Å². The summed E-state index contributed by atoms with van der Waals surface area (Å²) in [6.45, 7) is 5.23. The van der Waals surface area contributed by atoms with Crippen LogP contribution in [0.5, 0.6) is 5.88 Å². The number of imidazole rings is 1. The maximum absolute atomic E-state index is 5.71. The highest BCUT2D eigenvalue weighted by atomic mass is 16.5. The molecule has 2 rings (SSSR count). The quantitative estimate of drug-likeness (QED) is 0.827. The number of hydrogen-bond acceptors (Lipinski definition) is 4. The highest BCUT2D eigenvalue weighted by molar-refractivity contribution is 5.71. The Bertz CT molecular complexity index is 490. The molecule has 0 bridgehead atoms. The van der Waals surface area contributed by atoms with Crippen molar-refractivity contribution >= 4 is 11.2 Å². The highest BCUT2D eigenvalue weighted by Gasteiger charge is 2.13. The predicted molar refractivity (Wildman–Crippen MR) is 67.1 cm³/mol. The van der Waals surface area contributed by atoms with Crippen molar-refractivity contribution in [1.29, 1.82) is 0 Å². The van der Waals surface area contributed by atoms with Gasteiger partial charge in [0.15, 0.2) is 5.65 Å². The summed E-state index contributed by atoms with van der Waals surface area (Å²) in [7, 11) is 0. The Morgan fingerprint density at radius 3 is 2.82 bits per heavy atom. The van der Waals surface area contributed by atoms with E-state index in [4.69, 9.17) is 10.5 Å². The molecule has 1 atom stereocenters. The number of nitrogens with two attached hydrogens (primary N) is 1. The minimum atomic E-state index is 0.264. The summed E-state index contributed by atoms with van der Waals surface area (Å²) in [5.74, 6) is 1.78. The van der Waals surface area contributed by atoms with Crippen LogP contribution in [0.4, 0.5) is 0 Å². The van der Waals surface area contributed by atoms with Crippen LogP contribution in [0, 0.1) is 0 Å². The normalized spacial score (nSPS) is 12.9. The Balaban J connectivity index is 2.36. The molecular formula is C12H18N4O. The summed E-state index contributed by atoms with van der Waals surface area (Å²) in [6.07, 6.45) is 0.967. The molecule has 0 aliphatic heterocycles. The molecule has 0 spiro atoms. The Labute approximate surface area is 100 Å². The summed E-state index contributed by atoms with van der Waals surface area (Å²) in [6, 6.07) is 3.78. The van der Waals surface area contributed by atoms with Crippen molar-refractivity contribution in [2.45, 2.75) is 26.2 Å². The van der Waals surface area contributed by atoms with Crippen molar-refractivity contribution in [3.63, 3.8) is 0 Å². The van der Waals surface area contributed by atoms with Gasteiger partial charge in [0.05, 0.1) is 12.1 Å². The first-order valence-corrected chi connectivity index (χ1v) is 5.98. The molecule has 0 aliphatic rings. The lowest BCUT2D eigenvalue weighted by Gasteiger charge is -2.06. The van der Waals surface area contributed by atoms with E-state index in [0.29, 0.717) is 24.7 Å². The number of H-pyrrole nitrogens is 1. The number of hydrogen-bond donors (Lipinski definition) is 2. The second kappa shape index (κ2) is 5.14. The first-order chi connectivity index (χ1) is 8.28. The molecule has 5 heteroatoms. The van der Waals surface area contributed by atoms with Gasteiger partial charge in [0, 0.05) is 18.5 Å². The van der Waals surface area contributed by atoms with Crippen LogP contribution >= 0.6 is 0 Å². The van der Waals surface area contributed by atoms with Crippen LogP contribution in [0.3, 0.4) is 0 Å². The average Bonchev–Trinajstić information content (AvgIpc) is 2.74. The van der Waals surface area contributed by atoms with E-state index in [0.717, 1.165) is 17.8 Å². The number of pyridine rings is 1. The van der Waals surface area contributed by atoms with E-state index in [1.54, 1.807) is 0 Å². The molecule has 0 amide bonds. The molecule has 0 saturated heterocycles. The van der Waals surface area contributed by atoms with E-state index in [-0.39, 0.29) is 5.92 Å². The van der Waals surface area contributed by atoms with E-state index in [2.05, 4.69) is 21.9 Å². The van der Waals surface area contributed by atoms with Crippen molar-refractivity contribution in [2.24, 2.45) is 5.73 Å². The van der Waals surface area contributed by atoms with E-state index >= 15 is 0 Å². The zero-order valence-corrected chi connectivity index (χ0v) is 10.2. The van der Waals surface area contributed by atoms with Crippen molar-refractivity contribution in [3.8, 4) is 5.88 Å². The minimum Gasteiger partial charge on any atom is -0.478 e. The maximum atomic E-state index is 5.71. The Morgan fingerprint density at radius 2 is 2.18 bits per heavy atom. The van der Waals surface area contributed by atoms with Crippen molar-refractivity contribution in [1.82, 2.24) is 15.0 Å². The second-order valence-corrected chi connectivity index (χ2v) is 3.92. The second-order valence-electron chi connectivity index (χ2n) is 3.92. The van der Waals surface area contributed by atoms with Gasteiger partial charge in [-0.05, 0) is 19.4 Å². The van der Waals surface area contributed by atoms with Gasteiger partial charge in [-0.25, -0.2) is 4.98 Å². The van der Waals surface area contributed by atoms with E-state index in [1.165, 1.54) is 0 Å². The largest absolute Gasteiger partial charge is 0.478 e. The third-order valence-electron chi connectivity index (χ3n) is 2.79. The van der Waals surface area contributed by atoms with Crippen LogP contribution in [0.1, 0.15) is 32.0 Å². The summed E-state index contributed by atoms with van der Waals surface area (Å²) < 4.78 is 5.35. The molecule has 1 unspecified atom stereocenters. The van der Waals surface area contributed by atoms with Crippen LogP contribution in [-0.4, -0.2) is 28.1 Å². The lowest BCUT2D eigenvalue weighted by molar-refractivity contribution is 0.328. The standard InChI is InChI=1S/C12H18N4O/c1-3-8(7-13)11-14-9-5-6-10(17-4-2)15-12(9)16-11/h5-6,8H,3-4,7,13H2,1-2H3,(H,14,15,16). The molecule has 17 heavy (non-hydrogen) atoms. The minimum absolute atomic E-state index is 0.264. The molecule has 2 aromatic heterocycles. The molecule has 0 saturated carbocycles. The summed E-state index contributed by atoms with van der Waals surface area (Å²) in [4.78, 5) is 12.1. The molecular weight excluding hydrogens is 216 g/mol. The van der Waals surface area contributed by atoms with Crippen LogP contribution in [0.15, 0.2) is 12.1 Å². The smallest absolute Gasteiger partial charge is 0.215 e. The number of aromatic nitrogens is 3. The Hall–Kier alpha value is -1.62. The number of nitrogens with one attached hydrogen (secondary N) is 1. The fourth-order valence-electron chi connectivity index (χ4n) is 1.79. The molecule has 0 aliphatic carbocycles. The maximum Gasteiger partial charge on any atom is 0.215 e. The van der Waals surface area contributed by atoms with E-state index in [1.807, 2.05) is 19.1 Å². The molecule has 0 aromatic carbocycles. The van der Waals surface area contributed by atoms with Gasteiger partial charge in [-0.3, -0.25) is 0 Å². The van der Waals surface area contributed by atoms with Crippen molar-refractivity contribution in [3.05, 3.63) is 18.0 Å². The number of nitrogens with zero attached hydrogens (tertiary/aromatic N) is 2. The summed E-state index contributed by atoms with van der Waals surface area (Å²) >= 11 is 0. The Kier molecular flexibility index (Phi) is 3.58. The fourth-order valence-corrected chi connectivity index (χ4v) is 1.79. The molecule has 3 N–H and O–H groups in total. The lowest BCUT2D eigenvalue weighted by Crippen LogP contribution is -2.12. The third kappa shape index (κ3) is 2.39. The average molecular weight is 234 g/mol. The molecule has 2 aromatic rings. The van der Waals surface area contributed by atoms with Crippen LogP contribution in [-0.2, 0) is 0 Å². The van der Waals surface area contributed by atoms with Gasteiger partial charge < -0.3 is 15.5 Å². The molecule has 2 heterocycles. The first-order valence-electron chi connectivity index (χ1n) is 5.98. The van der Waals surface area contributed by atoms with E-state index in [9.17, 15) is 0 Å². The summed E-state index contributed by atoms with van der Waals surface area (Å²) in [5.41, 5.74) is 7.33. The third-order valence-corrected chi connectivity index (χ3v) is 2.79. The van der Waals surface area contributed by atoms with Gasteiger partial charge in [-0.1, -0.05) is 6.92 Å². The topological polar surface area (TPSA) is 76.8 Å². The van der Waals surface area contributed by atoms with Gasteiger partial charge in [-0.15, -0.1) is 0 Å². The zero-order valence-electron chi connectivity index (χ0n) is 10.2. The zero-order chi connectivity index (χ0) is 12.3. The van der Waals surface area contributed by atoms with Gasteiger partial charge >= 0.3 is 0 Å². The fraction of sp³-hybridized carbons (Fsp3) is 0.500. The number of fused-ring (bicyclic) bond motifs is 1. The Morgan fingerprint density at radius 1 is 1.35 bits per heavy atom. The van der Waals surface area contributed by atoms with Crippen molar-refractivity contribution in [2.75, 3.05) is 13.2 Å². The summed E-state index contributed by atoms with van der Waals surface area (Å²) in [5, 5.41) is 0. The lowest BCUT2D eigenvalue weighted by atomic mass is 10.1. The van der Waals surface area contributed by atoms with Gasteiger partial charge in [0.25, 0.3) is 0 Å². The number of rotatable bonds is 5. The molecule has 5 nitrogen and oxygen atoms in total. The number of aromatic amines is 1. The monoisotopic (exact) mass is 234 g/mol. The van der Waals surface area contributed by atoms with Crippen LogP contribution in [0.25, 0.3) is 11.2 Å². The molecule has 0 radical (unpaired) electrons. The van der Waals surface area contributed by atoms with Gasteiger partial charge in [-0.2, -0.15) is 4.98 Å². The van der Waals surface area contributed by atoms with E-state index < -0.39 is 0 Å². The van der Waals surface area contributed by atoms with Gasteiger partial charge in [0.1, 0.15) is 5.82 Å². The molecule has 0 fully saturated rings. The van der Waals surface area contributed by atoms with Crippen LogP contribution < -0.4 is 10.5 Å². The number of ether oxygens (including phenoxy) is 1.